The minimum atomic E-state index is -0.466. The SMILES string of the molecule is COC(=O)c1cnc(-c2ccc(Cl)cc2Cl)nc1C. The first kappa shape index (κ1) is 13.8. The van der Waals surface area contributed by atoms with E-state index in [1.54, 1.807) is 25.1 Å². The lowest BCUT2D eigenvalue weighted by Crippen LogP contribution is -2.07. The van der Waals surface area contributed by atoms with Crippen molar-refractivity contribution in [2.45, 2.75) is 6.92 Å². The normalized spacial score (nSPS) is 10.3. The van der Waals surface area contributed by atoms with E-state index in [2.05, 4.69) is 14.7 Å². The largest absolute Gasteiger partial charge is 0.465 e. The zero-order valence-electron chi connectivity index (χ0n) is 10.3. The van der Waals surface area contributed by atoms with Crippen molar-refractivity contribution in [3.05, 3.63) is 45.7 Å². The molecule has 0 radical (unpaired) electrons. The highest BCUT2D eigenvalue weighted by atomic mass is 35.5. The van der Waals surface area contributed by atoms with Crippen molar-refractivity contribution in [3.63, 3.8) is 0 Å². The third-order valence-corrected chi connectivity index (χ3v) is 3.10. The van der Waals surface area contributed by atoms with E-state index < -0.39 is 5.97 Å². The highest BCUT2D eigenvalue weighted by Gasteiger charge is 2.14. The lowest BCUT2D eigenvalue weighted by molar-refractivity contribution is 0.0599. The lowest BCUT2D eigenvalue weighted by Gasteiger charge is -2.07. The Hall–Kier alpha value is -1.65. The van der Waals surface area contributed by atoms with Crippen LogP contribution in [-0.4, -0.2) is 23.0 Å². The van der Waals surface area contributed by atoms with Gasteiger partial charge in [0.25, 0.3) is 0 Å². The summed E-state index contributed by atoms with van der Waals surface area (Å²) < 4.78 is 4.64. The number of esters is 1. The standard InChI is InChI=1S/C13H10Cl2N2O2/c1-7-10(13(18)19-2)6-16-12(17-7)9-4-3-8(14)5-11(9)15/h3-6H,1-2H3. The van der Waals surface area contributed by atoms with Gasteiger partial charge in [0, 0.05) is 16.8 Å². The van der Waals surface area contributed by atoms with Gasteiger partial charge in [-0.2, -0.15) is 0 Å². The van der Waals surface area contributed by atoms with Crippen molar-refractivity contribution < 1.29 is 9.53 Å². The Bertz CT molecular complexity index is 645. The van der Waals surface area contributed by atoms with E-state index >= 15 is 0 Å². The predicted molar refractivity (Wildman–Crippen MR) is 73.6 cm³/mol. The average molecular weight is 297 g/mol. The highest BCUT2D eigenvalue weighted by molar-refractivity contribution is 6.36. The minimum Gasteiger partial charge on any atom is -0.465 e. The van der Waals surface area contributed by atoms with Gasteiger partial charge in [-0.3, -0.25) is 0 Å². The molecule has 0 aliphatic carbocycles. The number of methoxy groups -OCH3 is 1. The maximum Gasteiger partial charge on any atom is 0.341 e. The fourth-order valence-electron chi connectivity index (χ4n) is 1.58. The van der Waals surface area contributed by atoms with Crippen LogP contribution in [0.5, 0.6) is 0 Å². The molecule has 2 rings (SSSR count). The van der Waals surface area contributed by atoms with Crippen molar-refractivity contribution >= 4 is 29.2 Å². The van der Waals surface area contributed by atoms with E-state index in [0.717, 1.165) is 0 Å². The maximum absolute atomic E-state index is 11.4. The van der Waals surface area contributed by atoms with Gasteiger partial charge in [-0.15, -0.1) is 0 Å². The Kier molecular flexibility index (Phi) is 4.02. The number of benzene rings is 1. The lowest BCUT2D eigenvalue weighted by atomic mass is 10.2. The summed E-state index contributed by atoms with van der Waals surface area (Å²) >= 11 is 11.9. The molecule has 0 fully saturated rings. The molecule has 1 aromatic carbocycles. The third-order valence-electron chi connectivity index (χ3n) is 2.56. The molecule has 4 nitrogen and oxygen atoms in total. The fourth-order valence-corrected chi connectivity index (χ4v) is 2.07. The number of hydrogen-bond donors (Lipinski definition) is 0. The van der Waals surface area contributed by atoms with E-state index in [-0.39, 0.29) is 0 Å². The molecule has 0 unspecified atom stereocenters. The van der Waals surface area contributed by atoms with E-state index in [9.17, 15) is 4.79 Å². The van der Waals surface area contributed by atoms with Gasteiger partial charge in [0.2, 0.25) is 0 Å². The van der Waals surface area contributed by atoms with Crippen LogP contribution in [0.15, 0.2) is 24.4 Å². The van der Waals surface area contributed by atoms with Crippen LogP contribution in [0.1, 0.15) is 16.1 Å². The topological polar surface area (TPSA) is 52.1 Å². The van der Waals surface area contributed by atoms with Crippen molar-refractivity contribution in [2.75, 3.05) is 7.11 Å². The second-order valence-electron chi connectivity index (χ2n) is 3.81. The first-order valence-corrected chi connectivity index (χ1v) is 6.16. The molecule has 19 heavy (non-hydrogen) atoms. The van der Waals surface area contributed by atoms with Gasteiger partial charge in [0.05, 0.1) is 23.4 Å². The molecule has 1 heterocycles. The molecule has 0 N–H and O–H groups in total. The van der Waals surface area contributed by atoms with Crippen LogP contribution in [0.3, 0.4) is 0 Å². The molecule has 0 saturated heterocycles. The Morgan fingerprint density at radius 2 is 2.05 bits per heavy atom. The molecule has 6 heteroatoms. The monoisotopic (exact) mass is 296 g/mol. The van der Waals surface area contributed by atoms with E-state index in [1.165, 1.54) is 13.3 Å². The molecule has 0 amide bonds. The van der Waals surface area contributed by atoms with Crippen LogP contribution >= 0.6 is 23.2 Å². The average Bonchev–Trinajstić information content (AvgIpc) is 2.37. The Labute approximate surface area is 120 Å². The predicted octanol–water partition coefficient (Wildman–Crippen LogP) is 3.55. The smallest absolute Gasteiger partial charge is 0.341 e. The second kappa shape index (κ2) is 5.55. The summed E-state index contributed by atoms with van der Waals surface area (Å²) in [4.78, 5) is 19.8. The van der Waals surface area contributed by atoms with Crippen LogP contribution in [0.25, 0.3) is 11.4 Å². The first-order chi connectivity index (χ1) is 9.02. The Morgan fingerprint density at radius 3 is 2.63 bits per heavy atom. The van der Waals surface area contributed by atoms with E-state index in [4.69, 9.17) is 23.2 Å². The first-order valence-electron chi connectivity index (χ1n) is 5.40. The third kappa shape index (κ3) is 2.85. The molecule has 0 aliphatic heterocycles. The Balaban J connectivity index is 2.47. The molecular formula is C13H10Cl2N2O2. The summed E-state index contributed by atoms with van der Waals surface area (Å²) in [6, 6.07) is 5.05. The minimum absolute atomic E-state index is 0.330. The van der Waals surface area contributed by atoms with Crippen molar-refractivity contribution in [1.82, 2.24) is 9.97 Å². The van der Waals surface area contributed by atoms with Gasteiger partial charge in [-0.1, -0.05) is 23.2 Å². The summed E-state index contributed by atoms with van der Waals surface area (Å²) in [5, 5.41) is 0.995. The quantitative estimate of drug-likeness (QED) is 0.795. The van der Waals surface area contributed by atoms with Crippen molar-refractivity contribution in [3.8, 4) is 11.4 Å². The molecule has 0 spiro atoms. The number of carbonyl (C=O) groups is 1. The van der Waals surface area contributed by atoms with Gasteiger partial charge in [-0.25, -0.2) is 14.8 Å². The Morgan fingerprint density at radius 1 is 1.32 bits per heavy atom. The second-order valence-corrected chi connectivity index (χ2v) is 4.65. The summed E-state index contributed by atoms with van der Waals surface area (Å²) in [6.45, 7) is 1.71. The number of nitrogens with zero attached hydrogens (tertiary/aromatic N) is 2. The highest BCUT2D eigenvalue weighted by Crippen LogP contribution is 2.28. The molecule has 1 aromatic heterocycles. The maximum atomic E-state index is 11.4. The molecule has 0 bridgehead atoms. The van der Waals surface area contributed by atoms with Crippen LogP contribution in [0, 0.1) is 6.92 Å². The number of halogens is 2. The molecule has 0 aliphatic rings. The number of ether oxygens (including phenoxy) is 1. The van der Waals surface area contributed by atoms with Crippen LogP contribution in [-0.2, 0) is 4.74 Å². The number of aromatic nitrogens is 2. The summed E-state index contributed by atoms with van der Waals surface area (Å²) in [5.74, 6) is -0.0296. The molecule has 0 saturated carbocycles. The van der Waals surface area contributed by atoms with E-state index in [1.807, 2.05) is 0 Å². The van der Waals surface area contributed by atoms with Gasteiger partial charge in [0.15, 0.2) is 5.82 Å². The van der Waals surface area contributed by atoms with Crippen LogP contribution in [0.4, 0.5) is 0 Å². The van der Waals surface area contributed by atoms with Gasteiger partial charge in [-0.05, 0) is 25.1 Å². The molecule has 0 atom stereocenters. The van der Waals surface area contributed by atoms with Crippen LogP contribution < -0.4 is 0 Å². The molecule has 98 valence electrons. The zero-order chi connectivity index (χ0) is 14.0. The zero-order valence-corrected chi connectivity index (χ0v) is 11.8. The van der Waals surface area contributed by atoms with Gasteiger partial charge < -0.3 is 4.74 Å². The number of rotatable bonds is 2. The summed E-state index contributed by atoms with van der Waals surface area (Å²) in [6.07, 6.45) is 1.43. The molecular weight excluding hydrogens is 287 g/mol. The summed E-state index contributed by atoms with van der Waals surface area (Å²) in [7, 11) is 1.31. The number of aryl methyl sites for hydroxylation is 1. The van der Waals surface area contributed by atoms with E-state index in [0.29, 0.717) is 32.7 Å². The number of hydrogen-bond acceptors (Lipinski definition) is 4. The van der Waals surface area contributed by atoms with Crippen LogP contribution in [0.2, 0.25) is 10.0 Å². The fraction of sp³-hybridized carbons (Fsp3) is 0.154. The number of carbonyl (C=O) groups excluding carboxylic acids is 1. The molecule has 2 aromatic rings. The van der Waals surface area contributed by atoms with Crippen molar-refractivity contribution in [2.24, 2.45) is 0 Å². The van der Waals surface area contributed by atoms with Crippen molar-refractivity contribution in [1.29, 1.82) is 0 Å². The summed E-state index contributed by atoms with van der Waals surface area (Å²) in [5.41, 5.74) is 1.52. The van der Waals surface area contributed by atoms with Gasteiger partial charge in [0.1, 0.15) is 0 Å². The van der Waals surface area contributed by atoms with Gasteiger partial charge >= 0.3 is 5.97 Å².